The van der Waals surface area contributed by atoms with E-state index in [4.69, 9.17) is 0 Å². The Bertz CT molecular complexity index is 794. The molecule has 0 bridgehead atoms. The molecule has 144 valence electrons. The third-order valence-electron chi connectivity index (χ3n) is 4.98. The molecule has 27 heavy (non-hydrogen) atoms. The van der Waals surface area contributed by atoms with Crippen molar-refractivity contribution in [2.75, 3.05) is 19.6 Å². The van der Waals surface area contributed by atoms with Crippen molar-refractivity contribution in [1.82, 2.24) is 25.3 Å². The van der Waals surface area contributed by atoms with Gasteiger partial charge in [0.1, 0.15) is 0 Å². The molecule has 3 rings (SSSR count). The van der Waals surface area contributed by atoms with Gasteiger partial charge in [-0.2, -0.15) is 5.10 Å². The van der Waals surface area contributed by atoms with Crippen molar-refractivity contribution in [3.05, 3.63) is 47.3 Å². The van der Waals surface area contributed by atoms with Gasteiger partial charge in [0.15, 0.2) is 0 Å². The predicted octanol–water partition coefficient (Wildman–Crippen LogP) is 2.30. The van der Waals surface area contributed by atoms with Crippen LogP contribution in [0.3, 0.4) is 0 Å². The molecule has 2 heterocycles. The first-order valence-electron chi connectivity index (χ1n) is 9.46. The van der Waals surface area contributed by atoms with Crippen LogP contribution in [0.5, 0.6) is 0 Å². The third kappa shape index (κ3) is 4.67. The number of nitrogens with one attached hydrogen (secondary N) is 2. The van der Waals surface area contributed by atoms with E-state index in [1.165, 1.54) is 6.42 Å². The van der Waals surface area contributed by atoms with Gasteiger partial charge in [-0.05, 0) is 45.2 Å². The van der Waals surface area contributed by atoms with Crippen LogP contribution in [0.15, 0.2) is 30.3 Å². The SMILES string of the molecule is Cc1nn(-c2ccccc2)c(C)c1CNC(=O)NCC(=O)N1CCCCC1. The van der Waals surface area contributed by atoms with E-state index in [1.54, 1.807) is 0 Å². The fourth-order valence-corrected chi connectivity index (χ4v) is 3.39. The highest BCUT2D eigenvalue weighted by molar-refractivity contribution is 5.84. The van der Waals surface area contributed by atoms with Crippen LogP contribution in [0.4, 0.5) is 4.79 Å². The molecule has 1 aromatic carbocycles. The van der Waals surface area contributed by atoms with E-state index in [0.29, 0.717) is 6.54 Å². The van der Waals surface area contributed by atoms with Crippen LogP contribution in [0.2, 0.25) is 0 Å². The molecule has 2 N–H and O–H groups in total. The van der Waals surface area contributed by atoms with Crippen molar-refractivity contribution < 1.29 is 9.59 Å². The molecule has 1 saturated heterocycles. The molecule has 0 atom stereocenters. The van der Waals surface area contributed by atoms with Crippen LogP contribution in [0, 0.1) is 13.8 Å². The summed E-state index contributed by atoms with van der Waals surface area (Å²) in [6, 6.07) is 9.55. The van der Waals surface area contributed by atoms with E-state index >= 15 is 0 Å². The number of amides is 3. The number of nitrogens with zero attached hydrogens (tertiary/aromatic N) is 3. The summed E-state index contributed by atoms with van der Waals surface area (Å²) in [5.41, 5.74) is 3.83. The lowest BCUT2D eigenvalue weighted by Crippen LogP contribution is -2.45. The lowest BCUT2D eigenvalue weighted by atomic mass is 10.1. The zero-order chi connectivity index (χ0) is 19.2. The molecule has 0 saturated carbocycles. The number of rotatable bonds is 5. The third-order valence-corrected chi connectivity index (χ3v) is 4.98. The monoisotopic (exact) mass is 369 g/mol. The summed E-state index contributed by atoms with van der Waals surface area (Å²) in [6.07, 6.45) is 3.26. The highest BCUT2D eigenvalue weighted by Crippen LogP contribution is 2.17. The van der Waals surface area contributed by atoms with Crippen LogP contribution in [-0.2, 0) is 11.3 Å². The molecule has 0 unspecified atom stereocenters. The molecule has 7 nitrogen and oxygen atoms in total. The van der Waals surface area contributed by atoms with Crippen molar-refractivity contribution in [2.24, 2.45) is 0 Å². The molecule has 0 aliphatic carbocycles. The lowest BCUT2D eigenvalue weighted by Gasteiger charge is -2.26. The Hall–Kier alpha value is -2.83. The Labute approximate surface area is 159 Å². The van der Waals surface area contributed by atoms with E-state index in [2.05, 4.69) is 15.7 Å². The van der Waals surface area contributed by atoms with E-state index in [1.807, 2.05) is 53.8 Å². The summed E-state index contributed by atoms with van der Waals surface area (Å²) in [6.45, 7) is 5.91. The molecule has 7 heteroatoms. The van der Waals surface area contributed by atoms with Crippen LogP contribution >= 0.6 is 0 Å². The minimum Gasteiger partial charge on any atom is -0.341 e. The summed E-state index contributed by atoms with van der Waals surface area (Å²) in [4.78, 5) is 26.0. The van der Waals surface area contributed by atoms with Crippen molar-refractivity contribution in [3.63, 3.8) is 0 Å². The van der Waals surface area contributed by atoms with Gasteiger partial charge < -0.3 is 15.5 Å². The maximum Gasteiger partial charge on any atom is 0.315 e. The van der Waals surface area contributed by atoms with E-state index in [0.717, 1.165) is 48.6 Å². The average Bonchev–Trinajstić information content (AvgIpc) is 2.99. The minimum absolute atomic E-state index is 0.0193. The summed E-state index contributed by atoms with van der Waals surface area (Å²) in [5, 5.41) is 10.1. The maximum absolute atomic E-state index is 12.1. The van der Waals surface area contributed by atoms with E-state index < -0.39 is 0 Å². The number of carbonyl (C=O) groups excluding carboxylic acids is 2. The number of hydrogen-bond acceptors (Lipinski definition) is 3. The van der Waals surface area contributed by atoms with Crippen LogP contribution in [0.1, 0.15) is 36.2 Å². The van der Waals surface area contributed by atoms with Crippen molar-refractivity contribution in [3.8, 4) is 5.69 Å². The highest BCUT2D eigenvalue weighted by atomic mass is 16.2. The summed E-state index contributed by atoms with van der Waals surface area (Å²) < 4.78 is 1.88. The Balaban J connectivity index is 1.53. The first-order valence-corrected chi connectivity index (χ1v) is 9.46. The molecular formula is C20H27N5O2. The van der Waals surface area contributed by atoms with Crippen LogP contribution in [-0.4, -0.2) is 46.3 Å². The molecule has 1 fully saturated rings. The largest absolute Gasteiger partial charge is 0.341 e. The zero-order valence-electron chi connectivity index (χ0n) is 16.0. The number of para-hydroxylation sites is 1. The second-order valence-corrected chi connectivity index (χ2v) is 6.87. The Kier molecular flexibility index (Phi) is 6.11. The van der Waals surface area contributed by atoms with Gasteiger partial charge in [0, 0.05) is 30.9 Å². The normalized spacial score (nSPS) is 14.1. The fourth-order valence-electron chi connectivity index (χ4n) is 3.39. The fraction of sp³-hybridized carbons (Fsp3) is 0.450. The first-order chi connectivity index (χ1) is 13.1. The number of urea groups is 1. The number of hydrogen-bond donors (Lipinski definition) is 2. The smallest absolute Gasteiger partial charge is 0.315 e. The molecule has 2 aromatic rings. The first kappa shape index (κ1) is 18.9. The quantitative estimate of drug-likeness (QED) is 0.849. The highest BCUT2D eigenvalue weighted by Gasteiger charge is 2.17. The van der Waals surface area contributed by atoms with Gasteiger partial charge in [-0.15, -0.1) is 0 Å². The molecule has 0 spiro atoms. The Morgan fingerprint density at radius 1 is 1.04 bits per heavy atom. The number of benzene rings is 1. The van der Waals surface area contributed by atoms with E-state index in [-0.39, 0.29) is 18.5 Å². The second kappa shape index (κ2) is 8.70. The van der Waals surface area contributed by atoms with Gasteiger partial charge >= 0.3 is 6.03 Å². The number of aromatic nitrogens is 2. The summed E-state index contributed by atoms with van der Waals surface area (Å²) in [5.74, 6) is -0.0193. The standard InChI is InChI=1S/C20H27N5O2/c1-15-18(16(2)25(23-15)17-9-5-3-6-10-17)13-21-20(27)22-14-19(26)24-11-7-4-8-12-24/h3,5-6,9-10H,4,7-8,11-14H2,1-2H3,(H2,21,22,27). The molecule has 1 aliphatic rings. The molecule has 3 amide bonds. The Morgan fingerprint density at radius 3 is 2.44 bits per heavy atom. The predicted molar refractivity (Wildman–Crippen MR) is 104 cm³/mol. The number of piperidine rings is 1. The average molecular weight is 369 g/mol. The summed E-state index contributed by atoms with van der Waals surface area (Å²) >= 11 is 0. The van der Waals surface area contributed by atoms with Gasteiger partial charge in [0.25, 0.3) is 0 Å². The van der Waals surface area contributed by atoms with E-state index in [9.17, 15) is 9.59 Å². The van der Waals surface area contributed by atoms with Crippen molar-refractivity contribution in [1.29, 1.82) is 0 Å². The number of aryl methyl sites for hydroxylation is 1. The van der Waals surface area contributed by atoms with Gasteiger partial charge in [-0.1, -0.05) is 18.2 Å². The molecular weight excluding hydrogens is 342 g/mol. The zero-order valence-corrected chi connectivity index (χ0v) is 16.0. The topological polar surface area (TPSA) is 79.3 Å². The molecule has 0 radical (unpaired) electrons. The van der Waals surface area contributed by atoms with Gasteiger partial charge in [-0.25, -0.2) is 9.48 Å². The van der Waals surface area contributed by atoms with Crippen LogP contribution in [0.25, 0.3) is 5.69 Å². The lowest BCUT2D eigenvalue weighted by molar-refractivity contribution is -0.130. The maximum atomic E-state index is 12.1. The molecule has 1 aliphatic heterocycles. The van der Waals surface area contributed by atoms with Crippen LogP contribution < -0.4 is 10.6 Å². The minimum atomic E-state index is -0.341. The Morgan fingerprint density at radius 2 is 1.74 bits per heavy atom. The van der Waals surface area contributed by atoms with Gasteiger partial charge in [0.2, 0.25) is 5.91 Å². The molecule has 1 aromatic heterocycles. The number of likely N-dealkylation sites (tertiary alicyclic amines) is 1. The van der Waals surface area contributed by atoms with Gasteiger partial charge in [-0.3, -0.25) is 4.79 Å². The van der Waals surface area contributed by atoms with Gasteiger partial charge in [0.05, 0.1) is 17.9 Å². The second-order valence-electron chi connectivity index (χ2n) is 6.87. The summed E-state index contributed by atoms with van der Waals surface area (Å²) in [7, 11) is 0. The van der Waals surface area contributed by atoms with Crippen molar-refractivity contribution in [2.45, 2.75) is 39.7 Å². The van der Waals surface area contributed by atoms with Crippen molar-refractivity contribution >= 4 is 11.9 Å². The number of carbonyl (C=O) groups is 2.